The summed E-state index contributed by atoms with van der Waals surface area (Å²) in [6, 6.07) is 15.9. The maximum atomic E-state index is 11.7. The van der Waals surface area contributed by atoms with Crippen LogP contribution in [0.5, 0.6) is 0 Å². The van der Waals surface area contributed by atoms with Crippen LogP contribution in [0.1, 0.15) is 5.76 Å². The third kappa shape index (κ3) is 4.71. The molecule has 1 N–H and O–H groups in total. The minimum absolute atomic E-state index is 0.0238. The standard InChI is InChI=1S/C21H12ClN3O6S/c22-16-4-2-1-3-15(16)19-23-24-21(31-19)32-18(20(26)27)11-14-9-10-17(30-14)12-5-7-13(8-6-12)25(28)29/h1-11H,(H,26,27)/b18-11+. The van der Waals surface area contributed by atoms with Gasteiger partial charge in [-0.2, -0.15) is 0 Å². The van der Waals surface area contributed by atoms with Crippen molar-refractivity contribution in [2.45, 2.75) is 5.22 Å². The molecular weight excluding hydrogens is 458 g/mol. The molecule has 2 heterocycles. The van der Waals surface area contributed by atoms with Crippen molar-refractivity contribution in [3.8, 4) is 22.8 Å². The predicted molar refractivity (Wildman–Crippen MR) is 117 cm³/mol. The molecule has 0 fully saturated rings. The maximum absolute atomic E-state index is 11.7. The Morgan fingerprint density at radius 2 is 1.81 bits per heavy atom. The first kappa shape index (κ1) is 21.3. The van der Waals surface area contributed by atoms with Gasteiger partial charge in [-0.3, -0.25) is 10.1 Å². The fourth-order valence-electron chi connectivity index (χ4n) is 2.69. The third-order valence-corrected chi connectivity index (χ3v) is 5.36. The van der Waals surface area contributed by atoms with Crippen LogP contribution in [0.3, 0.4) is 0 Å². The van der Waals surface area contributed by atoms with E-state index in [9.17, 15) is 20.0 Å². The van der Waals surface area contributed by atoms with Crippen molar-refractivity contribution >= 4 is 41.1 Å². The second-order valence-electron chi connectivity index (χ2n) is 6.27. The van der Waals surface area contributed by atoms with Gasteiger partial charge in [-0.25, -0.2) is 4.79 Å². The molecule has 2 aromatic heterocycles. The van der Waals surface area contributed by atoms with Crippen LogP contribution in [-0.2, 0) is 4.79 Å². The number of aromatic nitrogens is 2. The van der Waals surface area contributed by atoms with Crippen molar-refractivity contribution < 1.29 is 23.7 Å². The highest BCUT2D eigenvalue weighted by molar-refractivity contribution is 8.03. The van der Waals surface area contributed by atoms with Gasteiger partial charge in [0.1, 0.15) is 16.4 Å². The van der Waals surface area contributed by atoms with Gasteiger partial charge in [-0.1, -0.05) is 23.7 Å². The van der Waals surface area contributed by atoms with E-state index in [4.69, 9.17) is 20.4 Å². The molecule has 0 aliphatic carbocycles. The third-order valence-electron chi connectivity index (χ3n) is 4.18. The number of aliphatic carboxylic acids is 1. The molecule has 160 valence electrons. The first-order valence-electron chi connectivity index (χ1n) is 8.96. The molecule has 0 spiro atoms. The molecule has 9 nitrogen and oxygen atoms in total. The summed E-state index contributed by atoms with van der Waals surface area (Å²) in [6.07, 6.45) is 1.32. The molecule has 0 unspecified atom stereocenters. The molecule has 32 heavy (non-hydrogen) atoms. The van der Waals surface area contributed by atoms with Crippen molar-refractivity contribution in [3.63, 3.8) is 0 Å². The van der Waals surface area contributed by atoms with Gasteiger partial charge in [0.2, 0.25) is 5.89 Å². The number of nitro benzene ring substituents is 1. The zero-order chi connectivity index (χ0) is 22.7. The summed E-state index contributed by atoms with van der Waals surface area (Å²) in [4.78, 5) is 21.9. The number of carboxylic acid groups (broad SMARTS) is 1. The van der Waals surface area contributed by atoms with Crippen LogP contribution in [0.4, 0.5) is 5.69 Å². The van der Waals surface area contributed by atoms with Crippen LogP contribution >= 0.6 is 23.4 Å². The molecule has 0 radical (unpaired) electrons. The number of nitro groups is 1. The van der Waals surface area contributed by atoms with Crippen LogP contribution < -0.4 is 0 Å². The number of furan rings is 1. The fourth-order valence-corrected chi connectivity index (χ4v) is 3.55. The van der Waals surface area contributed by atoms with Gasteiger partial charge in [0.05, 0.1) is 15.5 Å². The zero-order valence-corrected chi connectivity index (χ0v) is 17.5. The van der Waals surface area contributed by atoms with E-state index in [-0.39, 0.29) is 27.5 Å². The fraction of sp³-hybridized carbons (Fsp3) is 0. The molecular formula is C21H12ClN3O6S. The second kappa shape index (κ2) is 9.08. The van der Waals surface area contributed by atoms with Gasteiger partial charge < -0.3 is 13.9 Å². The number of halogens is 1. The van der Waals surface area contributed by atoms with Crippen molar-refractivity contribution in [3.05, 3.63) is 86.5 Å². The average molecular weight is 470 g/mol. The Kier molecular flexibility index (Phi) is 6.06. The maximum Gasteiger partial charge on any atom is 0.342 e. The quantitative estimate of drug-likeness (QED) is 0.155. The molecule has 11 heteroatoms. The zero-order valence-electron chi connectivity index (χ0n) is 16.0. The van der Waals surface area contributed by atoms with Crippen molar-refractivity contribution in [2.75, 3.05) is 0 Å². The summed E-state index contributed by atoms with van der Waals surface area (Å²) in [7, 11) is 0. The molecule has 0 bridgehead atoms. The highest BCUT2D eigenvalue weighted by Gasteiger charge is 2.18. The topological polar surface area (TPSA) is 132 Å². The molecule has 0 aliphatic heterocycles. The van der Waals surface area contributed by atoms with E-state index in [1.165, 1.54) is 18.2 Å². The summed E-state index contributed by atoms with van der Waals surface area (Å²) in [5.41, 5.74) is 1.11. The first-order chi connectivity index (χ1) is 15.4. The number of nitrogens with zero attached hydrogens (tertiary/aromatic N) is 3. The Morgan fingerprint density at radius 3 is 2.50 bits per heavy atom. The van der Waals surface area contributed by atoms with Crippen molar-refractivity contribution in [2.24, 2.45) is 0 Å². The van der Waals surface area contributed by atoms with Crippen LogP contribution in [0, 0.1) is 10.1 Å². The summed E-state index contributed by atoms with van der Waals surface area (Å²) in [5, 5.41) is 28.6. The van der Waals surface area contributed by atoms with Crippen LogP contribution in [0.15, 0.2) is 79.6 Å². The highest BCUT2D eigenvalue weighted by Crippen LogP contribution is 2.33. The molecule has 0 amide bonds. The average Bonchev–Trinajstić information content (AvgIpc) is 3.43. The Balaban J connectivity index is 1.55. The largest absolute Gasteiger partial charge is 0.477 e. The van der Waals surface area contributed by atoms with Gasteiger partial charge in [-0.15, -0.1) is 10.2 Å². The number of thioether (sulfide) groups is 1. The number of non-ortho nitro benzene ring substituents is 1. The second-order valence-corrected chi connectivity index (χ2v) is 7.68. The Labute approximate surface area is 189 Å². The van der Waals surface area contributed by atoms with E-state index in [0.717, 1.165) is 11.8 Å². The monoisotopic (exact) mass is 469 g/mol. The molecule has 0 saturated carbocycles. The van der Waals surface area contributed by atoms with E-state index in [1.54, 1.807) is 48.5 Å². The van der Waals surface area contributed by atoms with Crippen molar-refractivity contribution in [1.82, 2.24) is 10.2 Å². The summed E-state index contributed by atoms with van der Waals surface area (Å²) in [5.74, 6) is -0.337. The van der Waals surface area contributed by atoms with E-state index in [2.05, 4.69) is 10.2 Å². The normalized spacial score (nSPS) is 11.5. The smallest absolute Gasteiger partial charge is 0.342 e. The Bertz CT molecular complexity index is 1330. The Hall–Kier alpha value is -3.89. The number of hydrogen-bond donors (Lipinski definition) is 1. The minimum Gasteiger partial charge on any atom is -0.477 e. The van der Waals surface area contributed by atoms with Crippen molar-refractivity contribution in [1.29, 1.82) is 0 Å². The Morgan fingerprint density at radius 1 is 1.06 bits per heavy atom. The highest BCUT2D eigenvalue weighted by atomic mass is 35.5. The lowest BCUT2D eigenvalue weighted by atomic mass is 10.1. The summed E-state index contributed by atoms with van der Waals surface area (Å²) < 4.78 is 11.2. The molecule has 0 atom stereocenters. The summed E-state index contributed by atoms with van der Waals surface area (Å²) in [6.45, 7) is 0. The van der Waals surface area contributed by atoms with Gasteiger partial charge in [0, 0.05) is 23.8 Å². The lowest BCUT2D eigenvalue weighted by Gasteiger charge is -1.99. The minimum atomic E-state index is -1.21. The molecule has 0 saturated heterocycles. The number of benzene rings is 2. The van der Waals surface area contributed by atoms with Gasteiger partial charge >= 0.3 is 5.97 Å². The van der Waals surface area contributed by atoms with Gasteiger partial charge in [-0.05, 0) is 48.2 Å². The SMILES string of the molecule is O=C(O)/C(=C\c1ccc(-c2ccc([N+](=O)[O-])cc2)o1)Sc1nnc(-c2ccccc2Cl)o1. The van der Waals surface area contributed by atoms with E-state index < -0.39 is 10.9 Å². The number of carboxylic acids is 1. The molecule has 0 aliphatic rings. The van der Waals surface area contributed by atoms with E-state index >= 15 is 0 Å². The number of carbonyl (C=O) groups is 1. The summed E-state index contributed by atoms with van der Waals surface area (Å²) >= 11 is 6.89. The van der Waals surface area contributed by atoms with Crippen LogP contribution in [0.2, 0.25) is 5.02 Å². The first-order valence-corrected chi connectivity index (χ1v) is 10.2. The molecule has 4 aromatic rings. The predicted octanol–water partition coefficient (Wildman–Crippen LogP) is 5.78. The number of rotatable bonds is 7. The molecule has 4 rings (SSSR count). The number of hydrogen-bond acceptors (Lipinski definition) is 8. The van der Waals surface area contributed by atoms with Gasteiger partial charge in [0.25, 0.3) is 10.9 Å². The van der Waals surface area contributed by atoms with E-state index in [0.29, 0.717) is 21.9 Å². The lowest BCUT2D eigenvalue weighted by molar-refractivity contribution is -0.384. The van der Waals surface area contributed by atoms with Gasteiger partial charge in [0.15, 0.2) is 0 Å². The lowest BCUT2D eigenvalue weighted by Crippen LogP contribution is -1.96. The van der Waals surface area contributed by atoms with Crippen LogP contribution in [-0.4, -0.2) is 26.2 Å². The molecule has 2 aromatic carbocycles. The van der Waals surface area contributed by atoms with E-state index in [1.807, 2.05) is 0 Å². The van der Waals surface area contributed by atoms with Crippen LogP contribution in [0.25, 0.3) is 28.9 Å².